The molecular formula is C13H25N. The fourth-order valence-electron chi connectivity index (χ4n) is 1.56. The van der Waals surface area contributed by atoms with Gasteiger partial charge in [-0.2, -0.15) is 0 Å². The van der Waals surface area contributed by atoms with Gasteiger partial charge in [-0.05, 0) is 18.3 Å². The van der Waals surface area contributed by atoms with E-state index in [1.807, 2.05) is 7.05 Å². The molecule has 1 heteroatoms. The van der Waals surface area contributed by atoms with Crippen LogP contribution in [0.2, 0.25) is 0 Å². The average Bonchev–Trinajstić information content (AvgIpc) is 2.10. The minimum atomic E-state index is 0.248. The van der Waals surface area contributed by atoms with Crippen LogP contribution in [0.15, 0.2) is 24.4 Å². The molecule has 0 aromatic carbocycles. The molecule has 0 radical (unpaired) electrons. The molecule has 0 saturated heterocycles. The molecule has 0 aliphatic rings. The lowest BCUT2D eigenvalue weighted by atomic mass is 9.75. The van der Waals surface area contributed by atoms with Gasteiger partial charge in [0.25, 0.3) is 0 Å². The summed E-state index contributed by atoms with van der Waals surface area (Å²) in [5.74, 6) is 0.472. The first-order valence-electron chi connectivity index (χ1n) is 5.36. The molecular weight excluding hydrogens is 170 g/mol. The van der Waals surface area contributed by atoms with Gasteiger partial charge in [-0.15, -0.1) is 0 Å². The van der Waals surface area contributed by atoms with Crippen LogP contribution in [0, 0.1) is 11.3 Å². The number of rotatable bonds is 5. The molecule has 0 aromatic rings. The minimum absolute atomic E-state index is 0.248. The van der Waals surface area contributed by atoms with Gasteiger partial charge in [-0.3, -0.25) is 0 Å². The van der Waals surface area contributed by atoms with E-state index in [4.69, 9.17) is 0 Å². The molecule has 0 saturated carbocycles. The van der Waals surface area contributed by atoms with Crippen molar-refractivity contribution in [3.63, 3.8) is 0 Å². The Kier molecular flexibility index (Phi) is 4.96. The molecule has 0 bridgehead atoms. The second kappa shape index (κ2) is 5.23. The van der Waals surface area contributed by atoms with Crippen LogP contribution >= 0.6 is 0 Å². The third-order valence-electron chi connectivity index (χ3n) is 2.78. The summed E-state index contributed by atoms with van der Waals surface area (Å²) in [5.41, 5.74) is 2.67. The Morgan fingerprint density at radius 2 is 1.79 bits per heavy atom. The fourth-order valence-corrected chi connectivity index (χ4v) is 1.56. The van der Waals surface area contributed by atoms with Gasteiger partial charge in [0, 0.05) is 18.7 Å². The predicted octanol–water partition coefficient (Wildman–Crippen LogP) is 3.74. The first kappa shape index (κ1) is 13.3. The van der Waals surface area contributed by atoms with Crippen LogP contribution in [0.25, 0.3) is 0 Å². The molecule has 82 valence electrons. The van der Waals surface area contributed by atoms with Crippen molar-refractivity contribution in [3.8, 4) is 0 Å². The highest BCUT2D eigenvalue weighted by molar-refractivity contribution is 5.08. The maximum Gasteiger partial charge on any atom is 0.00710 e. The van der Waals surface area contributed by atoms with Crippen molar-refractivity contribution in [1.29, 1.82) is 0 Å². The second-order valence-corrected chi connectivity index (χ2v) is 5.00. The van der Waals surface area contributed by atoms with Gasteiger partial charge < -0.3 is 5.32 Å². The summed E-state index contributed by atoms with van der Waals surface area (Å²) in [7, 11) is 1.94. The Hall–Kier alpha value is -0.720. The summed E-state index contributed by atoms with van der Waals surface area (Å²) < 4.78 is 0. The van der Waals surface area contributed by atoms with E-state index in [1.54, 1.807) is 0 Å². The summed E-state index contributed by atoms with van der Waals surface area (Å²) in [6, 6.07) is 0. The third-order valence-corrected chi connectivity index (χ3v) is 2.78. The van der Waals surface area contributed by atoms with E-state index in [9.17, 15) is 0 Å². The van der Waals surface area contributed by atoms with Gasteiger partial charge in [-0.1, -0.05) is 46.4 Å². The van der Waals surface area contributed by atoms with Crippen molar-refractivity contribution < 1.29 is 0 Å². The smallest absolute Gasteiger partial charge is 0.00710 e. The molecule has 1 N–H and O–H groups in total. The maximum atomic E-state index is 4.08. The van der Waals surface area contributed by atoms with Crippen molar-refractivity contribution in [2.45, 2.75) is 40.5 Å². The fraction of sp³-hybridized carbons (Fsp3) is 0.692. The first-order valence-corrected chi connectivity index (χ1v) is 5.36. The summed E-state index contributed by atoms with van der Waals surface area (Å²) in [5, 5.41) is 3.17. The molecule has 0 amide bonds. The van der Waals surface area contributed by atoms with Crippen LogP contribution in [-0.2, 0) is 0 Å². The van der Waals surface area contributed by atoms with Crippen molar-refractivity contribution in [3.05, 3.63) is 24.4 Å². The van der Waals surface area contributed by atoms with Gasteiger partial charge >= 0.3 is 0 Å². The Labute approximate surface area is 89.3 Å². The van der Waals surface area contributed by atoms with E-state index in [1.165, 1.54) is 5.57 Å². The van der Waals surface area contributed by atoms with E-state index in [0.717, 1.165) is 18.5 Å². The van der Waals surface area contributed by atoms with E-state index in [2.05, 4.69) is 46.2 Å². The highest BCUT2D eigenvalue weighted by Crippen LogP contribution is 2.35. The van der Waals surface area contributed by atoms with E-state index >= 15 is 0 Å². The Morgan fingerprint density at radius 1 is 1.29 bits per heavy atom. The normalized spacial score (nSPS) is 13.5. The topological polar surface area (TPSA) is 12.0 Å². The lowest BCUT2D eigenvalue weighted by molar-refractivity contribution is 0.268. The SMILES string of the molecule is C=C(CC)CC(C(=C)NC)C(C)(C)C. The molecule has 0 heterocycles. The molecule has 0 aliphatic carbocycles. The monoisotopic (exact) mass is 195 g/mol. The number of nitrogens with one attached hydrogen (secondary N) is 1. The van der Waals surface area contributed by atoms with E-state index in [0.29, 0.717) is 5.92 Å². The zero-order valence-electron chi connectivity index (χ0n) is 10.4. The quantitative estimate of drug-likeness (QED) is 0.659. The number of allylic oxidation sites excluding steroid dienone is 2. The van der Waals surface area contributed by atoms with Gasteiger partial charge in [0.05, 0.1) is 0 Å². The lowest BCUT2D eigenvalue weighted by Gasteiger charge is -2.32. The van der Waals surface area contributed by atoms with Crippen LogP contribution in [0.3, 0.4) is 0 Å². The first-order chi connectivity index (χ1) is 6.32. The van der Waals surface area contributed by atoms with Crippen LogP contribution < -0.4 is 5.32 Å². The zero-order valence-corrected chi connectivity index (χ0v) is 10.4. The van der Waals surface area contributed by atoms with Crippen LogP contribution in [0.1, 0.15) is 40.5 Å². The summed E-state index contributed by atoms with van der Waals surface area (Å²) in [4.78, 5) is 0. The molecule has 1 unspecified atom stereocenters. The number of hydrogen-bond acceptors (Lipinski definition) is 1. The molecule has 14 heavy (non-hydrogen) atoms. The average molecular weight is 195 g/mol. The maximum absolute atomic E-state index is 4.08. The molecule has 0 aromatic heterocycles. The predicted molar refractivity (Wildman–Crippen MR) is 65.2 cm³/mol. The molecule has 1 nitrogen and oxygen atoms in total. The molecule has 0 fully saturated rings. The van der Waals surface area contributed by atoms with Crippen LogP contribution in [0.5, 0.6) is 0 Å². The zero-order chi connectivity index (χ0) is 11.4. The van der Waals surface area contributed by atoms with Crippen molar-refractivity contribution in [2.75, 3.05) is 7.05 Å². The molecule has 1 atom stereocenters. The summed E-state index contributed by atoms with van der Waals surface area (Å²) in [6.45, 7) is 17.1. The Bertz CT molecular complexity index is 208. The minimum Gasteiger partial charge on any atom is -0.392 e. The number of hydrogen-bond donors (Lipinski definition) is 1. The Balaban J connectivity index is 4.58. The van der Waals surface area contributed by atoms with Gasteiger partial charge in [0.15, 0.2) is 0 Å². The van der Waals surface area contributed by atoms with E-state index < -0.39 is 0 Å². The van der Waals surface area contributed by atoms with Crippen molar-refractivity contribution >= 4 is 0 Å². The van der Waals surface area contributed by atoms with Crippen LogP contribution in [-0.4, -0.2) is 7.05 Å². The van der Waals surface area contributed by atoms with Crippen molar-refractivity contribution in [1.82, 2.24) is 5.32 Å². The highest BCUT2D eigenvalue weighted by Gasteiger charge is 2.26. The third kappa shape index (κ3) is 3.99. The lowest BCUT2D eigenvalue weighted by Crippen LogP contribution is -2.27. The van der Waals surface area contributed by atoms with Gasteiger partial charge in [0.2, 0.25) is 0 Å². The van der Waals surface area contributed by atoms with E-state index in [-0.39, 0.29) is 5.41 Å². The molecule has 0 aliphatic heterocycles. The standard InChI is InChI=1S/C13H25N/c1-8-10(2)9-12(11(3)14-7)13(4,5)6/h12,14H,2-3,8-9H2,1,4-7H3. The van der Waals surface area contributed by atoms with Gasteiger partial charge in [0.1, 0.15) is 0 Å². The summed E-state index contributed by atoms with van der Waals surface area (Å²) >= 11 is 0. The second-order valence-electron chi connectivity index (χ2n) is 5.00. The summed E-state index contributed by atoms with van der Waals surface area (Å²) in [6.07, 6.45) is 2.10. The van der Waals surface area contributed by atoms with Crippen molar-refractivity contribution in [2.24, 2.45) is 11.3 Å². The molecule has 0 rings (SSSR count). The van der Waals surface area contributed by atoms with Crippen LogP contribution in [0.4, 0.5) is 0 Å². The molecule has 0 spiro atoms. The largest absolute Gasteiger partial charge is 0.392 e. The Morgan fingerprint density at radius 3 is 2.07 bits per heavy atom. The highest BCUT2D eigenvalue weighted by atomic mass is 14.8. The van der Waals surface area contributed by atoms with Gasteiger partial charge in [-0.25, -0.2) is 0 Å².